The highest BCUT2D eigenvalue weighted by Gasteiger charge is 2.17. The van der Waals surface area contributed by atoms with Gasteiger partial charge in [-0.25, -0.2) is 4.68 Å². The Kier molecular flexibility index (Phi) is 6.23. The Bertz CT molecular complexity index is 1040. The minimum atomic E-state index is -0.123. The third kappa shape index (κ3) is 4.72. The van der Waals surface area contributed by atoms with Gasteiger partial charge < -0.3 is 19.3 Å². The summed E-state index contributed by atoms with van der Waals surface area (Å²) in [6.07, 6.45) is 1.79. The monoisotopic (exact) mass is 420 g/mol. The van der Waals surface area contributed by atoms with Crippen molar-refractivity contribution in [3.05, 3.63) is 71.5 Å². The largest absolute Gasteiger partial charge is 0.494 e. The number of rotatable bonds is 6. The fraction of sp³-hybridized carbons (Fsp3) is 0.333. The van der Waals surface area contributed by atoms with E-state index in [1.807, 2.05) is 25.1 Å². The number of aryl methyl sites for hydroxylation is 1. The average Bonchev–Trinajstić information content (AvgIpc) is 3.30. The maximum absolute atomic E-state index is 12.9. The lowest BCUT2D eigenvalue weighted by Crippen LogP contribution is -2.36. The van der Waals surface area contributed by atoms with E-state index in [1.54, 1.807) is 36.0 Å². The standard InChI is InChI=1S/C24H28N4O3/c1-18-4-9-23(30-3)22(16-18)28-11-10-21(25-28)24(29)26(2)17-19-5-7-20(8-6-19)27-12-14-31-15-13-27/h4-11,16H,12-15,17H2,1-3H3. The molecule has 162 valence electrons. The molecule has 0 bridgehead atoms. The SMILES string of the molecule is COc1ccc(C)cc1-n1ccc(C(=O)N(C)Cc2ccc(N3CCOCC3)cc2)n1. The number of amides is 1. The van der Waals surface area contributed by atoms with Crippen LogP contribution >= 0.6 is 0 Å². The van der Waals surface area contributed by atoms with E-state index in [4.69, 9.17) is 9.47 Å². The summed E-state index contributed by atoms with van der Waals surface area (Å²) >= 11 is 0. The van der Waals surface area contributed by atoms with Crippen LogP contribution in [0.25, 0.3) is 5.69 Å². The van der Waals surface area contributed by atoms with Crippen molar-refractivity contribution in [2.75, 3.05) is 45.4 Å². The van der Waals surface area contributed by atoms with Crippen LogP contribution in [0.4, 0.5) is 5.69 Å². The third-order valence-corrected chi connectivity index (χ3v) is 5.47. The second-order valence-electron chi connectivity index (χ2n) is 7.75. The number of benzene rings is 2. The van der Waals surface area contributed by atoms with Crippen LogP contribution in [0.3, 0.4) is 0 Å². The molecule has 0 saturated carbocycles. The minimum Gasteiger partial charge on any atom is -0.494 e. The molecule has 31 heavy (non-hydrogen) atoms. The lowest BCUT2D eigenvalue weighted by Gasteiger charge is -2.29. The van der Waals surface area contributed by atoms with Crippen LogP contribution in [-0.2, 0) is 11.3 Å². The van der Waals surface area contributed by atoms with E-state index in [2.05, 4.69) is 34.3 Å². The van der Waals surface area contributed by atoms with E-state index in [0.29, 0.717) is 18.0 Å². The zero-order chi connectivity index (χ0) is 21.8. The van der Waals surface area contributed by atoms with Crippen LogP contribution in [0.15, 0.2) is 54.7 Å². The topological polar surface area (TPSA) is 59.8 Å². The Hall–Kier alpha value is -3.32. The Morgan fingerprint density at radius 2 is 1.87 bits per heavy atom. The van der Waals surface area contributed by atoms with Gasteiger partial charge in [0.25, 0.3) is 5.91 Å². The summed E-state index contributed by atoms with van der Waals surface area (Å²) in [6.45, 7) is 5.87. The third-order valence-electron chi connectivity index (χ3n) is 5.47. The Morgan fingerprint density at radius 1 is 1.13 bits per heavy atom. The number of carbonyl (C=O) groups is 1. The van der Waals surface area contributed by atoms with Crippen LogP contribution in [-0.4, -0.2) is 61.0 Å². The van der Waals surface area contributed by atoms with Gasteiger partial charge in [-0.1, -0.05) is 18.2 Å². The van der Waals surface area contributed by atoms with E-state index in [9.17, 15) is 4.79 Å². The molecule has 0 unspecified atom stereocenters. The highest BCUT2D eigenvalue weighted by atomic mass is 16.5. The molecule has 0 radical (unpaired) electrons. The molecule has 1 aromatic heterocycles. The van der Waals surface area contributed by atoms with Crippen LogP contribution in [0, 0.1) is 6.92 Å². The molecule has 0 aliphatic carbocycles. The number of anilines is 1. The molecule has 1 amide bonds. The van der Waals surface area contributed by atoms with Gasteiger partial charge in [-0.2, -0.15) is 5.10 Å². The molecule has 7 heteroatoms. The molecule has 7 nitrogen and oxygen atoms in total. The lowest BCUT2D eigenvalue weighted by molar-refractivity contribution is 0.0778. The highest BCUT2D eigenvalue weighted by Crippen LogP contribution is 2.24. The van der Waals surface area contributed by atoms with Gasteiger partial charge in [0.2, 0.25) is 0 Å². The van der Waals surface area contributed by atoms with E-state index in [1.165, 1.54) is 5.69 Å². The maximum atomic E-state index is 12.9. The summed E-state index contributed by atoms with van der Waals surface area (Å²) < 4.78 is 12.5. The van der Waals surface area contributed by atoms with Crippen molar-refractivity contribution in [2.45, 2.75) is 13.5 Å². The van der Waals surface area contributed by atoms with Crippen molar-refractivity contribution < 1.29 is 14.3 Å². The predicted molar refractivity (Wildman–Crippen MR) is 120 cm³/mol. The van der Waals surface area contributed by atoms with Crippen molar-refractivity contribution in [3.8, 4) is 11.4 Å². The molecule has 1 fully saturated rings. The molecule has 1 aliphatic heterocycles. The van der Waals surface area contributed by atoms with Crippen LogP contribution in [0.1, 0.15) is 21.6 Å². The first-order chi connectivity index (χ1) is 15.0. The number of nitrogens with zero attached hydrogens (tertiary/aromatic N) is 4. The van der Waals surface area contributed by atoms with Crippen molar-refractivity contribution in [3.63, 3.8) is 0 Å². The number of carbonyl (C=O) groups excluding carboxylic acids is 1. The van der Waals surface area contributed by atoms with Crippen molar-refractivity contribution in [1.29, 1.82) is 0 Å². The molecular formula is C24H28N4O3. The molecule has 3 aromatic rings. The zero-order valence-electron chi connectivity index (χ0n) is 18.2. The number of hydrogen-bond acceptors (Lipinski definition) is 5. The first kappa shape index (κ1) is 20.9. The van der Waals surface area contributed by atoms with Crippen molar-refractivity contribution in [2.24, 2.45) is 0 Å². The summed E-state index contributed by atoms with van der Waals surface area (Å²) in [5.41, 5.74) is 4.57. The second kappa shape index (κ2) is 9.22. The Balaban J connectivity index is 1.44. The van der Waals surface area contributed by atoms with Crippen LogP contribution in [0.5, 0.6) is 5.75 Å². The summed E-state index contributed by atoms with van der Waals surface area (Å²) in [4.78, 5) is 16.9. The second-order valence-corrected chi connectivity index (χ2v) is 7.75. The van der Waals surface area contributed by atoms with Crippen molar-refractivity contribution in [1.82, 2.24) is 14.7 Å². The smallest absolute Gasteiger partial charge is 0.274 e. The Morgan fingerprint density at radius 3 is 2.58 bits per heavy atom. The quantitative estimate of drug-likeness (QED) is 0.612. The molecule has 4 rings (SSSR count). The molecule has 1 aliphatic rings. The molecule has 1 saturated heterocycles. The number of aromatic nitrogens is 2. The van der Waals surface area contributed by atoms with Gasteiger partial charge >= 0.3 is 0 Å². The van der Waals surface area contributed by atoms with Crippen molar-refractivity contribution >= 4 is 11.6 Å². The van der Waals surface area contributed by atoms with Gasteiger partial charge in [0.1, 0.15) is 11.4 Å². The van der Waals surface area contributed by atoms with Gasteiger partial charge in [-0.15, -0.1) is 0 Å². The molecule has 0 N–H and O–H groups in total. The fourth-order valence-electron chi connectivity index (χ4n) is 3.73. The normalized spacial score (nSPS) is 13.8. The van der Waals surface area contributed by atoms with Gasteiger partial charge in [-0.3, -0.25) is 4.79 Å². The highest BCUT2D eigenvalue weighted by molar-refractivity contribution is 5.92. The number of morpholine rings is 1. The first-order valence-corrected chi connectivity index (χ1v) is 10.4. The number of ether oxygens (including phenoxy) is 2. The fourth-order valence-corrected chi connectivity index (χ4v) is 3.73. The zero-order valence-corrected chi connectivity index (χ0v) is 18.2. The summed E-state index contributed by atoms with van der Waals surface area (Å²) in [6, 6.07) is 16.0. The molecule has 0 spiro atoms. The van der Waals surface area contributed by atoms with Crippen LogP contribution in [0.2, 0.25) is 0 Å². The molecule has 2 aromatic carbocycles. The number of methoxy groups -OCH3 is 1. The molecular weight excluding hydrogens is 392 g/mol. The molecule has 0 atom stereocenters. The van der Waals surface area contributed by atoms with E-state index in [-0.39, 0.29) is 5.91 Å². The minimum absolute atomic E-state index is 0.123. The first-order valence-electron chi connectivity index (χ1n) is 10.4. The van der Waals surface area contributed by atoms with Gasteiger partial charge in [0.15, 0.2) is 5.69 Å². The summed E-state index contributed by atoms with van der Waals surface area (Å²) in [5.74, 6) is 0.587. The van der Waals surface area contributed by atoms with E-state index in [0.717, 1.165) is 43.1 Å². The van der Waals surface area contributed by atoms with E-state index >= 15 is 0 Å². The van der Waals surface area contributed by atoms with Gasteiger partial charge in [0.05, 0.1) is 20.3 Å². The van der Waals surface area contributed by atoms with Gasteiger partial charge in [-0.05, 0) is 48.4 Å². The lowest BCUT2D eigenvalue weighted by atomic mass is 10.1. The van der Waals surface area contributed by atoms with Gasteiger partial charge in [0, 0.05) is 38.6 Å². The Labute approximate surface area is 182 Å². The van der Waals surface area contributed by atoms with Crippen LogP contribution < -0.4 is 9.64 Å². The predicted octanol–water partition coefficient (Wildman–Crippen LogP) is 3.30. The van der Waals surface area contributed by atoms with E-state index < -0.39 is 0 Å². The molecule has 2 heterocycles. The summed E-state index contributed by atoms with van der Waals surface area (Å²) in [5, 5.41) is 4.50. The average molecular weight is 421 g/mol. The maximum Gasteiger partial charge on any atom is 0.274 e. The number of hydrogen-bond donors (Lipinski definition) is 0. The summed E-state index contributed by atoms with van der Waals surface area (Å²) in [7, 11) is 3.42.